The Bertz CT molecular complexity index is 1100. The quantitative estimate of drug-likeness (QED) is 0.430. The molecule has 0 saturated heterocycles. The molecule has 0 radical (unpaired) electrons. The number of ether oxygens (including phenoxy) is 3. The predicted octanol–water partition coefficient (Wildman–Crippen LogP) is 4.16. The number of rotatable bonds is 10. The van der Waals surface area contributed by atoms with Crippen LogP contribution < -0.4 is 9.47 Å². The van der Waals surface area contributed by atoms with Crippen LogP contribution in [0, 0.1) is 6.92 Å². The molecule has 174 valence electrons. The molecule has 3 aromatic rings. The van der Waals surface area contributed by atoms with E-state index in [0.29, 0.717) is 42.6 Å². The van der Waals surface area contributed by atoms with Gasteiger partial charge in [-0.1, -0.05) is 12.1 Å². The van der Waals surface area contributed by atoms with Crippen molar-refractivity contribution in [2.24, 2.45) is 0 Å². The average molecular weight is 487 g/mol. The van der Waals surface area contributed by atoms with Crippen molar-refractivity contribution >= 4 is 34.5 Å². The largest absolute Gasteiger partial charge is 0.454 e. The Hall–Kier alpha value is -2.88. The molecule has 0 N–H and O–H groups in total. The van der Waals surface area contributed by atoms with Crippen LogP contribution in [0.5, 0.6) is 11.5 Å². The maximum Gasteiger partial charge on any atom is 0.264 e. The van der Waals surface area contributed by atoms with Gasteiger partial charge in [-0.05, 0) is 53.1 Å². The second kappa shape index (κ2) is 10.8. The van der Waals surface area contributed by atoms with E-state index in [1.54, 1.807) is 34.3 Å². The highest BCUT2D eigenvalue weighted by Crippen LogP contribution is 2.33. The van der Waals surface area contributed by atoms with E-state index in [4.69, 9.17) is 14.2 Å². The van der Waals surface area contributed by atoms with Gasteiger partial charge in [0, 0.05) is 25.1 Å². The number of nitrogens with zero attached hydrogens (tertiary/aromatic N) is 2. The van der Waals surface area contributed by atoms with E-state index in [2.05, 4.69) is 6.07 Å². The first-order valence-electron chi connectivity index (χ1n) is 10.6. The van der Waals surface area contributed by atoms with E-state index < -0.39 is 0 Å². The van der Waals surface area contributed by atoms with Crippen molar-refractivity contribution in [2.75, 3.05) is 33.6 Å². The molecule has 4 rings (SSSR count). The third-order valence-electron chi connectivity index (χ3n) is 5.38. The maximum absolute atomic E-state index is 13.5. The molecule has 0 fully saturated rings. The van der Waals surface area contributed by atoms with Crippen LogP contribution >= 0.6 is 22.7 Å². The number of methoxy groups -OCH3 is 1. The molecule has 0 aliphatic carbocycles. The predicted molar refractivity (Wildman–Crippen MR) is 128 cm³/mol. The molecular formula is C24H26N2O5S2. The second-order valence-corrected chi connectivity index (χ2v) is 9.61. The van der Waals surface area contributed by atoms with E-state index in [9.17, 15) is 9.59 Å². The summed E-state index contributed by atoms with van der Waals surface area (Å²) in [7, 11) is 1.58. The first kappa shape index (κ1) is 23.3. The van der Waals surface area contributed by atoms with E-state index in [1.165, 1.54) is 11.3 Å². The topological polar surface area (TPSA) is 68.3 Å². The summed E-state index contributed by atoms with van der Waals surface area (Å²) in [6, 6.07) is 11.4. The third-order valence-corrected chi connectivity index (χ3v) is 7.24. The van der Waals surface area contributed by atoms with Crippen molar-refractivity contribution in [2.45, 2.75) is 20.0 Å². The lowest BCUT2D eigenvalue weighted by atomic mass is 10.1. The summed E-state index contributed by atoms with van der Waals surface area (Å²) in [5.41, 5.74) is 2.09. The summed E-state index contributed by atoms with van der Waals surface area (Å²) in [5, 5.41) is 3.88. The third kappa shape index (κ3) is 5.73. The first-order valence-corrected chi connectivity index (χ1v) is 12.3. The molecule has 7 nitrogen and oxygen atoms in total. The smallest absolute Gasteiger partial charge is 0.264 e. The van der Waals surface area contributed by atoms with Gasteiger partial charge in [0.15, 0.2) is 11.5 Å². The molecule has 1 aliphatic heterocycles. The lowest BCUT2D eigenvalue weighted by Gasteiger charge is -2.27. The Morgan fingerprint density at radius 3 is 2.61 bits per heavy atom. The van der Waals surface area contributed by atoms with Gasteiger partial charge in [-0.3, -0.25) is 9.59 Å². The minimum atomic E-state index is -0.161. The fraction of sp³-hybridized carbons (Fsp3) is 0.333. The van der Waals surface area contributed by atoms with Crippen molar-refractivity contribution in [1.29, 1.82) is 0 Å². The zero-order chi connectivity index (χ0) is 23.2. The Morgan fingerprint density at radius 1 is 1.03 bits per heavy atom. The number of carbonyl (C=O) groups is 2. The number of hydrogen-bond donors (Lipinski definition) is 0. The number of hydrogen-bond acceptors (Lipinski definition) is 7. The van der Waals surface area contributed by atoms with E-state index >= 15 is 0 Å². The number of aryl methyl sites for hydroxylation is 1. The molecule has 0 bridgehead atoms. The van der Waals surface area contributed by atoms with Crippen LogP contribution in [-0.4, -0.2) is 55.2 Å². The number of carbonyl (C=O) groups excluding carboxylic acids is 2. The van der Waals surface area contributed by atoms with Crippen molar-refractivity contribution in [3.05, 3.63) is 68.0 Å². The van der Waals surface area contributed by atoms with Crippen LogP contribution in [0.3, 0.4) is 0 Å². The van der Waals surface area contributed by atoms with Gasteiger partial charge in [0.25, 0.3) is 5.91 Å². The summed E-state index contributed by atoms with van der Waals surface area (Å²) in [5.74, 6) is 1.10. The van der Waals surface area contributed by atoms with Gasteiger partial charge in [-0.15, -0.1) is 22.7 Å². The Morgan fingerprint density at radius 2 is 1.88 bits per heavy atom. The van der Waals surface area contributed by atoms with E-state index in [0.717, 1.165) is 16.0 Å². The molecule has 0 spiro atoms. The Kier molecular flexibility index (Phi) is 7.64. The van der Waals surface area contributed by atoms with Crippen molar-refractivity contribution < 1.29 is 23.8 Å². The molecule has 33 heavy (non-hydrogen) atoms. The normalized spacial score (nSPS) is 12.1. The van der Waals surface area contributed by atoms with Gasteiger partial charge in [0.1, 0.15) is 6.54 Å². The van der Waals surface area contributed by atoms with Crippen LogP contribution in [0.15, 0.2) is 47.2 Å². The van der Waals surface area contributed by atoms with Crippen molar-refractivity contribution in [3.8, 4) is 11.5 Å². The van der Waals surface area contributed by atoms with Crippen LogP contribution in [0.25, 0.3) is 0 Å². The second-order valence-electron chi connectivity index (χ2n) is 7.66. The highest BCUT2D eigenvalue weighted by Gasteiger charge is 2.24. The van der Waals surface area contributed by atoms with Gasteiger partial charge in [-0.2, -0.15) is 0 Å². The van der Waals surface area contributed by atoms with E-state index in [-0.39, 0.29) is 25.2 Å². The van der Waals surface area contributed by atoms with Gasteiger partial charge in [0.2, 0.25) is 12.7 Å². The van der Waals surface area contributed by atoms with Crippen LogP contribution in [0.4, 0.5) is 0 Å². The number of thiophene rings is 2. The van der Waals surface area contributed by atoms with Gasteiger partial charge < -0.3 is 24.0 Å². The maximum atomic E-state index is 13.5. The fourth-order valence-electron chi connectivity index (χ4n) is 3.50. The van der Waals surface area contributed by atoms with Crippen LogP contribution in [0.1, 0.15) is 25.7 Å². The lowest BCUT2D eigenvalue weighted by Crippen LogP contribution is -2.43. The van der Waals surface area contributed by atoms with Crippen molar-refractivity contribution in [1.82, 2.24) is 9.80 Å². The molecule has 0 saturated carbocycles. The lowest BCUT2D eigenvalue weighted by molar-refractivity contribution is -0.133. The summed E-state index contributed by atoms with van der Waals surface area (Å²) in [4.78, 5) is 31.6. The summed E-state index contributed by atoms with van der Waals surface area (Å²) >= 11 is 2.99. The molecule has 1 aliphatic rings. The molecule has 3 heterocycles. The number of benzene rings is 1. The molecule has 0 unspecified atom stereocenters. The molecule has 0 atom stereocenters. The molecule has 1 aromatic carbocycles. The highest BCUT2D eigenvalue weighted by molar-refractivity contribution is 7.12. The minimum absolute atomic E-state index is 0.0188. The van der Waals surface area contributed by atoms with Gasteiger partial charge in [-0.25, -0.2) is 0 Å². The standard InChI is InChI=1S/C24H26N2O5S2/c1-17-7-11-33-22(17)14-26(13-18-5-6-19-20(12-18)31-16-30-19)23(27)15-25(8-9-29-2)24(28)21-4-3-10-32-21/h3-7,10-12H,8-9,13-16H2,1-2H3. The summed E-state index contributed by atoms with van der Waals surface area (Å²) < 4.78 is 16.1. The zero-order valence-corrected chi connectivity index (χ0v) is 20.2. The van der Waals surface area contributed by atoms with Gasteiger partial charge in [0.05, 0.1) is 18.0 Å². The average Bonchev–Trinajstić information content (AvgIpc) is 3.58. The molecule has 2 aromatic heterocycles. The summed E-state index contributed by atoms with van der Waals surface area (Å²) in [6.07, 6.45) is 0. The number of amides is 2. The Labute approximate surface area is 201 Å². The van der Waals surface area contributed by atoms with Gasteiger partial charge >= 0.3 is 0 Å². The SMILES string of the molecule is COCCN(CC(=O)N(Cc1ccc2c(c1)OCO2)Cc1sccc1C)C(=O)c1cccs1. The fourth-order valence-corrected chi connectivity index (χ4v) is 5.12. The van der Waals surface area contributed by atoms with Crippen molar-refractivity contribution in [3.63, 3.8) is 0 Å². The molecule has 2 amide bonds. The minimum Gasteiger partial charge on any atom is -0.454 e. The van der Waals surface area contributed by atoms with Crippen LogP contribution in [-0.2, 0) is 22.6 Å². The molecule has 9 heteroatoms. The zero-order valence-electron chi connectivity index (χ0n) is 18.6. The van der Waals surface area contributed by atoms with Crippen LogP contribution in [0.2, 0.25) is 0 Å². The number of fused-ring (bicyclic) bond motifs is 1. The molecular weight excluding hydrogens is 460 g/mol. The highest BCUT2D eigenvalue weighted by atomic mass is 32.1. The van der Waals surface area contributed by atoms with E-state index in [1.807, 2.05) is 41.9 Å². The monoisotopic (exact) mass is 486 g/mol. The first-order chi connectivity index (χ1) is 16.0. The summed E-state index contributed by atoms with van der Waals surface area (Å²) in [6.45, 7) is 3.80. The Balaban J connectivity index is 1.54.